The lowest BCUT2D eigenvalue weighted by atomic mass is 9.82. The number of allylic oxidation sites excluding steroid dienone is 3. The zero-order chi connectivity index (χ0) is 20.9. The molecule has 1 fully saturated rings. The molecule has 27 heavy (non-hydrogen) atoms. The molecule has 0 spiro atoms. The van der Waals surface area contributed by atoms with Gasteiger partial charge in [-0.1, -0.05) is 19.9 Å². The first-order valence-electron chi connectivity index (χ1n) is 9.22. The summed E-state index contributed by atoms with van der Waals surface area (Å²) in [6.45, 7) is 13.7. The monoisotopic (exact) mass is 399 g/mol. The zero-order valence-electron chi connectivity index (χ0n) is 17.0. The number of hydrogen-bond donors (Lipinski definition) is 3. The van der Waals surface area contributed by atoms with Crippen LogP contribution in [0.2, 0.25) is 0 Å². The van der Waals surface area contributed by atoms with E-state index in [2.05, 4.69) is 19.2 Å². The molecule has 0 aliphatic heterocycles. The van der Waals surface area contributed by atoms with E-state index < -0.39 is 16.5 Å². The number of halogens is 1. The average molecular weight is 399 g/mol. The summed E-state index contributed by atoms with van der Waals surface area (Å²) in [7, 11) is 1.53. The Morgan fingerprint density at radius 1 is 1.30 bits per heavy atom. The third-order valence-electron chi connectivity index (χ3n) is 4.32. The molecule has 0 saturated heterocycles. The van der Waals surface area contributed by atoms with Crippen LogP contribution in [0.5, 0.6) is 0 Å². The minimum absolute atomic E-state index is 0.150. The van der Waals surface area contributed by atoms with Gasteiger partial charge in [-0.25, -0.2) is 0 Å². The van der Waals surface area contributed by atoms with Gasteiger partial charge in [0.2, 0.25) is 0 Å². The van der Waals surface area contributed by atoms with Crippen molar-refractivity contribution in [1.82, 2.24) is 0 Å². The van der Waals surface area contributed by atoms with Crippen LogP contribution in [0.15, 0.2) is 35.7 Å². The topological polar surface area (TPSA) is 79.7 Å². The van der Waals surface area contributed by atoms with E-state index in [-0.39, 0.29) is 11.9 Å². The highest BCUT2D eigenvalue weighted by atomic mass is 32.1. The molecule has 0 unspecified atom stereocenters. The molecule has 1 saturated carbocycles. The standard InChI is InChI=1S/C19H33BFN2O3S/c1-7-8-9-15(25-19(21,22)23)12-16(13(2)24-14-10-11-14)20-26-17(3,4)18(5,6)27/h9,12,14,27H,2,7-8,10-11,22-23H2,1,3-6H3/b15-9+,16-12+. The van der Waals surface area contributed by atoms with Crippen molar-refractivity contribution in [3.63, 3.8) is 0 Å². The molecule has 0 amide bonds. The fourth-order valence-electron chi connectivity index (χ4n) is 1.74. The molecule has 1 rings (SSSR count). The predicted octanol–water partition coefficient (Wildman–Crippen LogP) is 3.88. The van der Waals surface area contributed by atoms with Crippen LogP contribution >= 0.6 is 12.6 Å². The molecule has 1 radical (unpaired) electrons. The van der Waals surface area contributed by atoms with E-state index in [0.717, 1.165) is 19.3 Å². The van der Waals surface area contributed by atoms with Crippen LogP contribution in [0.3, 0.4) is 0 Å². The smallest absolute Gasteiger partial charge is 0.367 e. The van der Waals surface area contributed by atoms with E-state index in [1.54, 1.807) is 12.2 Å². The molecule has 0 aromatic carbocycles. The summed E-state index contributed by atoms with van der Waals surface area (Å²) in [6, 6.07) is 0. The van der Waals surface area contributed by atoms with Gasteiger partial charge in [0.05, 0.1) is 11.7 Å². The van der Waals surface area contributed by atoms with Crippen molar-refractivity contribution in [3.05, 3.63) is 35.7 Å². The van der Waals surface area contributed by atoms with Gasteiger partial charge in [-0.15, -0.1) is 0 Å². The van der Waals surface area contributed by atoms with E-state index in [4.69, 9.17) is 25.6 Å². The van der Waals surface area contributed by atoms with Crippen LogP contribution < -0.4 is 11.5 Å². The lowest BCUT2D eigenvalue weighted by molar-refractivity contribution is -0.0968. The minimum Gasteiger partial charge on any atom is -0.492 e. The highest BCUT2D eigenvalue weighted by Gasteiger charge is 2.35. The normalized spacial score (nSPS) is 16.9. The summed E-state index contributed by atoms with van der Waals surface area (Å²) >= 11 is 4.59. The van der Waals surface area contributed by atoms with Crippen LogP contribution in [0, 0.1) is 0 Å². The van der Waals surface area contributed by atoms with Gasteiger partial charge < -0.3 is 14.1 Å². The average Bonchev–Trinajstić information content (AvgIpc) is 3.29. The lowest BCUT2D eigenvalue weighted by Gasteiger charge is -2.38. The molecule has 0 bridgehead atoms. The molecular formula is C19H33BFN2O3S. The Kier molecular flexibility index (Phi) is 8.47. The number of alkyl halides is 1. The fraction of sp³-hybridized carbons (Fsp3) is 0.684. The largest absolute Gasteiger partial charge is 0.492 e. The summed E-state index contributed by atoms with van der Waals surface area (Å²) in [6.07, 6.45) is 4.12. The number of unbranched alkanes of at least 4 members (excludes halogenated alkanes) is 1. The van der Waals surface area contributed by atoms with Crippen LogP contribution in [0.4, 0.5) is 4.39 Å². The van der Waals surface area contributed by atoms with E-state index in [1.165, 1.54) is 7.48 Å². The van der Waals surface area contributed by atoms with E-state index in [0.29, 0.717) is 17.7 Å². The predicted molar refractivity (Wildman–Crippen MR) is 112 cm³/mol. The summed E-state index contributed by atoms with van der Waals surface area (Å²) < 4.78 is 30.0. The Bertz CT molecular complexity index is 576. The van der Waals surface area contributed by atoms with Crippen molar-refractivity contribution >= 4 is 20.1 Å². The van der Waals surface area contributed by atoms with E-state index >= 15 is 0 Å². The van der Waals surface area contributed by atoms with Crippen molar-refractivity contribution in [1.29, 1.82) is 0 Å². The number of thiol groups is 1. The maximum absolute atomic E-state index is 13.6. The van der Waals surface area contributed by atoms with Crippen molar-refractivity contribution < 1.29 is 18.5 Å². The van der Waals surface area contributed by atoms with Crippen molar-refractivity contribution in [2.45, 2.75) is 82.9 Å². The summed E-state index contributed by atoms with van der Waals surface area (Å²) in [5.41, 5.74) is 10.3. The van der Waals surface area contributed by atoms with Crippen molar-refractivity contribution in [2.24, 2.45) is 11.5 Å². The third-order valence-corrected chi connectivity index (χ3v) is 4.85. The Morgan fingerprint density at radius 2 is 1.89 bits per heavy atom. The van der Waals surface area contributed by atoms with Crippen molar-refractivity contribution in [3.8, 4) is 0 Å². The zero-order valence-corrected chi connectivity index (χ0v) is 17.9. The number of ether oxygens (including phenoxy) is 2. The highest BCUT2D eigenvalue weighted by Crippen LogP contribution is 2.33. The van der Waals surface area contributed by atoms with Crippen molar-refractivity contribution in [2.75, 3.05) is 0 Å². The van der Waals surface area contributed by atoms with Gasteiger partial charge in [0.15, 0.2) is 0 Å². The van der Waals surface area contributed by atoms with Crippen LogP contribution in [-0.2, 0) is 14.1 Å². The Morgan fingerprint density at radius 3 is 2.33 bits per heavy atom. The SMILES string of the molecule is C=C(OC1CC1)/C([B]OC(C)(C)C(C)(C)S)=C\C(=C/CCC)OC(N)(N)F. The van der Waals surface area contributed by atoms with Gasteiger partial charge in [-0.05, 0) is 64.6 Å². The second-order valence-electron chi connectivity index (χ2n) is 7.84. The summed E-state index contributed by atoms with van der Waals surface area (Å²) in [4.78, 5) is 0. The Balaban J connectivity index is 3.05. The fourth-order valence-corrected chi connectivity index (χ4v) is 1.79. The lowest BCUT2D eigenvalue weighted by Crippen LogP contribution is -2.46. The number of rotatable bonds is 12. The van der Waals surface area contributed by atoms with Crippen LogP contribution in [0.25, 0.3) is 0 Å². The quantitative estimate of drug-likeness (QED) is 0.116. The Hall–Kier alpha value is -0.955. The third kappa shape index (κ3) is 9.19. The second-order valence-corrected chi connectivity index (χ2v) is 8.96. The molecule has 8 heteroatoms. The van der Waals surface area contributed by atoms with E-state index in [9.17, 15) is 4.39 Å². The molecule has 1 aliphatic rings. The molecule has 4 N–H and O–H groups in total. The van der Waals surface area contributed by atoms with Gasteiger partial charge >= 0.3 is 13.6 Å². The van der Waals surface area contributed by atoms with Crippen LogP contribution in [0.1, 0.15) is 60.3 Å². The Labute approximate surface area is 169 Å². The molecule has 153 valence electrons. The van der Waals surface area contributed by atoms with Crippen LogP contribution in [-0.4, -0.2) is 30.0 Å². The first-order chi connectivity index (χ1) is 12.2. The summed E-state index contributed by atoms with van der Waals surface area (Å²) in [5.74, 6) is 0.595. The van der Waals surface area contributed by atoms with Gasteiger partial charge in [-0.2, -0.15) is 17.0 Å². The molecule has 0 heterocycles. The first-order valence-corrected chi connectivity index (χ1v) is 9.67. The van der Waals surface area contributed by atoms with Gasteiger partial charge in [0, 0.05) is 4.75 Å². The maximum Gasteiger partial charge on any atom is 0.367 e. The minimum atomic E-state index is -2.78. The first kappa shape index (κ1) is 24.1. The number of nitrogens with two attached hydrogens (primary N) is 2. The molecule has 0 atom stereocenters. The van der Waals surface area contributed by atoms with Gasteiger partial charge in [-0.3, -0.25) is 11.5 Å². The highest BCUT2D eigenvalue weighted by molar-refractivity contribution is 7.81. The molecule has 1 aliphatic carbocycles. The molecular weight excluding hydrogens is 366 g/mol. The molecule has 0 aromatic heterocycles. The molecule has 0 aromatic rings. The maximum atomic E-state index is 13.6. The van der Waals surface area contributed by atoms with Gasteiger partial charge in [0.25, 0.3) is 0 Å². The summed E-state index contributed by atoms with van der Waals surface area (Å²) in [5, 5.41) is 0. The number of hydrogen-bond acceptors (Lipinski definition) is 6. The van der Waals surface area contributed by atoms with E-state index in [1.807, 2.05) is 34.6 Å². The van der Waals surface area contributed by atoms with Gasteiger partial charge in [0.1, 0.15) is 11.5 Å². The molecule has 5 nitrogen and oxygen atoms in total. The second kappa shape index (κ2) is 9.50.